The molecule has 0 atom stereocenters. The molecule has 0 aliphatic heterocycles. The summed E-state index contributed by atoms with van der Waals surface area (Å²) in [7, 11) is 4.33. The summed E-state index contributed by atoms with van der Waals surface area (Å²) in [4.78, 5) is 6.67. The maximum atomic E-state index is 5.69. The van der Waals surface area contributed by atoms with Gasteiger partial charge in [-0.05, 0) is 48.9 Å². The maximum Gasteiger partial charge on any atom is 0.140 e. The Balaban J connectivity index is 2.06. The summed E-state index contributed by atoms with van der Waals surface area (Å²) >= 11 is 3.49. The smallest absolute Gasteiger partial charge is 0.140 e. The molecule has 3 N–H and O–H groups in total. The van der Waals surface area contributed by atoms with Crippen molar-refractivity contribution in [3.05, 3.63) is 16.7 Å². The first-order chi connectivity index (χ1) is 8.53. The summed E-state index contributed by atoms with van der Waals surface area (Å²) in [5.41, 5.74) is 6.63. The standard InChI is InChI=1S/C13H21BrN4/c1-18(2)13(5-3-4-6-13)9-17-12-11(14)7-10(15)8-16-12/h7-8H,3-6,9,15H2,1-2H3,(H,16,17). The Morgan fingerprint density at radius 2 is 2.11 bits per heavy atom. The minimum absolute atomic E-state index is 0.266. The fraction of sp³-hybridized carbons (Fsp3) is 0.615. The van der Waals surface area contributed by atoms with Crippen molar-refractivity contribution in [2.45, 2.75) is 31.2 Å². The van der Waals surface area contributed by atoms with Crippen LogP contribution in [0.25, 0.3) is 0 Å². The van der Waals surface area contributed by atoms with Crippen LogP contribution in [0.2, 0.25) is 0 Å². The summed E-state index contributed by atoms with van der Waals surface area (Å²) in [6.45, 7) is 0.926. The zero-order valence-corrected chi connectivity index (χ0v) is 12.6. The highest BCUT2D eigenvalue weighted by atomic mass is 79.9. The van der Waals surface area contributed by atoms with Crippen LogP contribution in [0.3, 0.4) is 0 Å². The second-order valence-electron chi connectivity index (χ2n) is 5.28. The third kappa shape index (κ3) is 2.78. The normalized spacial score (nSPS) is 18.2. The van der Waals surface area contributed by atoms with Crippen LogP contribution in [0.1, 0.15) is 25.7 Å². The van der Waals surface area contributed by atoms with Gasteiger partial charge in [0.1, 0.15) is 5.82 Å². The number of pyridine rings is 1. The zero-order valence-electron chi connectivity index (χ0n) is 11.0. The monoisotopic (exact) mass is 312 g/mol. The molecule has 1 aliphatic carbocycles. The Hall–Kier alpha value is -0.810. The van der Waals surface area contributed by atoms with Gasteiger partial charge in [0.15, 0.2) is 0 Å². The second-order valence-corrected chi connectivity index (χ2v) is 6.13. The highest BCUT2D eigenvalue weighted by Gasteiger charge is 2.35. The number of likely N-dealkylation sites (N-methyl/N-ethyl adjacent to an activating group) is 1. The molecule has 1 aliphatic rings. The van der Waals surface area contributed by atoms with E-state index in [0.717, 1.165) is 16.8 Å². The van der Waals surface area contributed by atoms with Crippen LogP contribution in [0, 0.1) is 0 Å². The molecule has 1 heterocycles. The van der Waals surface area contributed by atoms with E-state index in [1.807, 2.05) is 6.07 Å². The van der Waals surface area contributed by atoms with Crippen LogP contribution in [0.15, 0.2) is 16.7 Å². The fourth-order valence-electron chi connectivity index (χ4n) is 2.65. The lowest BCUT2D eigenvalue weighted by molar-refractivity contribution is 0.172. The lowest BCUT2D eigenvalue weighted by atomic mass is 9.96. The van der Waals surface area contributed by atoms with E-state index in [1.54, 1.807) is 6.20 Å². The van der Waals surface area contributed by atoms with E-state index in [1.165, 1.54) is 25.7 Å². The zero-order chi connectivity index (χ0) is 13.2. The molecule has 0 aromatic carbocycles. The highest BCUT2D eigenvalue weighted by Crippen LogP contribution is 2.34. The van der Waals surface area contributed by atoms with Crippen LogP contribution >= 0.6 is 15.9 Å². The number of halogens is 1. The molecule has 1 saturated carbocycles. The van der Waals surface area contributed by atoms with E-state index in [2.05, 4.69) is 45.2 Å². The molecule has 0 saturated heterocycles. The average molecular weight is 313 g/mol. The summed E-state index contributed by atoms with van der Waals surface area (Å²) in [5.74, 6) is 0.873. The van der Waals surface area contributed by atoms with Gasteiger partial charge in [-0.3, -0.25) is 0 Å². The van der Waals surface area contributed by atoms with E-state index in [4.69, 9.17) is 5.73 Å². The number of nitrogens with one attached hydrogen (secondary N) is 1. The third-order valence-corrected chi connectivity index (χ3v) is 4.53. The van der Waals surface area contributed by atoms with Crippen molar-refractivity contribution in [3.8, 4) is 0 Å². The average Bonchev–Trinajstić information content (AvgIpc) is 2.78. The molecule has 100 valence electrons. The SMILES string of the molecule is CN(C)C1(CNc2ncc(N)cc2Br)CCCC1. The van der Waals surface area contributed by atoms with Gasteiger partial charge in [-0.15, -0.1) is 0 Å². The van der Waals surface area contributed by atoms with E-state index in [-0.39, 0.29) is 5.54 Å². The lowest BCUT2D eigenvalue weighted by Gasteiger charge is -2.36. The number of aromatic nitrogens is 1. The van der Waals surface area contributed by atoms with Gasteiger partial charge < -0.3 is 16.0 Å². The van der Waals surface area contributed by atoms with Gasteiger partial charge in [0.2, 0.25) is 0 Å². The van der Waals surface area contributed by atoms with Crippen LogP contribution in [-0.4, -0.2) is 36.1 Å². The predicted octanol–water partition coefficient (Wildman–Crippen LogP) is 2.71. The largest absolute Gasteiger partial charge is 0.397 e. The van der Waals surface area contributed by atoms with Crippen molar-refractivity contribution in [3.63, 3.8) is 0 Å². The molecule has 4 nitrogen and oxygen atoms in total. The molecule has 18 heavy (non-hydrogen) atoms. The van der Waals surface area contributed by atoms with Crippen LogP contribution in [0.4, 0.5) is 11.5 Å². The molecule has 0 unspecified atom stereocenters. The van der Waals surface area contributed by atoms with Crippen molar-refractivity contribution in [2.24, 2.45) is 0 Å². The quantitative estimate of drug-likeness (QED) is 0.897. The molecule has 1 aromatic heterocycles. The number of anilines is 2. The van der Waals surface area contributed by atoms with E-state index in [0.29, 0.717) is 5.69 Å². The summed E-state index contributed by atoms with van der Waals surface area (Å²) in [5, 5.41) is 3.45. The van der Waals surface area contributed by atoms with Gasteiger partial charge in [0, 0.05) is 12.1 Å². The minimum atomic E-state index is 0.266. The molecular weight excluding hydrogens is 292 g/mol. The van der Waals surface area contributed by atoms with E-state index < -0.39 is 0 Å². The van der Waals surface area contributed by atoms with Gasteiger partial charge in [-0.1, -0.05) is 12.8 Å². The number of nitrogen functional groups attached to an aromatic ring is 1. The number of rotatable bonds is 4. The summed E-state index contributed by atoms with van der Waals surface area (Å²) in [6, 6.07) is 1.88. The number of nitrogens with zero attached hydrogens (tertiary/aromatic N) is 2. The summed E-state index contributed by atoms with van der Waals surface area (Å²) < 4.78 is 0.925. The van der Waals surface area contributed by atoms with Gasteiger partial charge >= 0.3 is 0 Å². The number of hydrogen-bond acceptors (Lipinski definition) is 4. The Morgan fingerprint density at radius 3 is 2.67 bits per heavy atom. The molecule has 2 rings (SSSR count). The van der Waals surface area contributed by atoms with E-state index >= 15 is 0 Å². The van der Waals surface area contributed by atoms with Crippen molar-refractivity contribution >= 4 is 27.4 Å². The third-order valence-electron chi connectivity index (χ3n) is 3.93. The van der Waals surface area contributed by atoms with Crippen molar-refractivity contribution in [1.29, 1.82) is 0 Å². The summed E-state index contributed by atoms with van der Waals surface area (Å²) in [6.07, 6.45) is 6.82. The maximum absolute atomic E-state index is 5.69. The molecule has 0 radical (unpaired) electrons. The Kier molecular flexibility index (Phi) is 4.12. The molecular formula is C13H21BrN4. The second kappa shape index (κ2) is 5.45. The highest BCUT2D eigenvalue weighted by molar-refractivity contribution is 9.10. The first-order valence-electron chi connectivity index (χ1n) is 6.36. The first-order valence-corrected chi connectivity index (χ1v) is 7.15. The van der Waals surface area contributed by atoms with E-state index in [9.17, 15) is 0 Å². The van der Waals surface area contributed by atoms with Gasteiger partial charge in [0.05, 0.1) is 16.4 Å². The molecule has 0 spiro atoms. The fourth-order valence-corrected chi connectivity index (χ4v) is 3.15. The molecule has 0 amide bonds. The van der Waals surface area contributed by atoms with Crippen LogP contribution < -0.4 is 11.1 Å². The minimum Gasteiger partial charge on any atom is -0.397 e. The lowest BCUT2D eigenvalue weighted by Crippen LogP contribution is -2.47. The number of nitrogens with two attached hydrogens (primary N) is 1. The molecule has 0 bridgehead atoms. The Morgan fingerprint density at radius 1 is 1.44 bits per heavy atom. The van der Waals surface area contributed by atoms with Gasteiger partial charge in [-0.25, -0.2) is 4.98 Å². The Bertz CT molecular complexity index is 413. The molecule has 1 aromatic rings. The van der Waals surface area contributed by atoms with Gasteiger partial charge in [0.25, 0.3) is 0 Å². The van der Waals surface area contributed by atoms with Crippen molar-refractivity contribution < 1.29 is 0 Å². The predicted molar refractivity (Wildman–Crippen MR) is 79.7 cm³/mol. The van der Waals surface area contributed by atoms with Crippen LogP contribution in [0.5, 0.6) is 0 Å². The molecule has 1 fully saturated rings. The molecule has 5 heteroatoms. The van der Waals surface area contributed by atoms with Crippen molar-refractivity contribution in [2.75, 3.05) is 31.7 Å². The van der Waals surface area contributed by atoms with Gasteiger partial charge in [-0.2, -0.15) is 0 Å². The van der Waals surface area contributed by atoms with Crippen LogP contribution in [-0.2, 0) is 0 Å². The number of hydrogen-bond donors (Lipinski definition) is 2. The Labute approximate surface area is 117 Å². The first kappa shape index (κ1) is 13.6. The van der Waals surface area contributed by atoms with Crippen molar-refractivity contribution in [1.82, 2.24) is 9.88 Å². The topological polar surface area (TPSA) is 54.2 Å².